The fraction of sp³-hybridized carbons (Fsp3) is 0. The molecule has 0 amide bonds. The second kappa shape index (κ2) is 4.86. The predicted octanol–water partition coefficient (Wildman–Crippen LogP) is 4.44. The third kappa shape index (κ3) is 2.25. The van der Waals surface area contributed by atoms with Crippen molar-refractivity contribution in [1.82, 2.24) is 14.5 Å². The molecule has 4 aromatic rings. The molecule has 2 aromatic carbocycles. The van der Waals surface area contributed by atoms with Gasteiger partial charge >= 0.3 is 0 Å². The molecule has 102 valence electrons. The van der Waals surface area contributed by atoms with Gasteiger partial charge in [0, 0.05) is 16.4 Å². The first-order chi connectivity index (χ1) is 10.3. The standard InChI is InChI=1S/C16H10BrN3O/c17-11-4-3-5-12(8-11)20-9-14(18-10-20)16-19-13-6-1-2-7-15(13)21-16/h1-10H. The summed E-state index contributed by atoms with van der Waals surface area (Å²) < 4.78 is 8.70. The van der Waals surface area contributed by atoms with Crippen molar-refractivity contribution in [2.24, 2.45) is 0 Å². The van der Waals surface area contributed by atoms with Crippen molar-refractivity contribution in [2.45, 2.75) is 0 Å². The van der Waals surface area contributed by atoms with Gasteiger partial charge in [0.25, 0.3) is 0 Å². The molecule has 0 bridgehead atoms. The van der Waals surface area contributed by atoms with Gasteiger partial charge in [-0.05, 0) is 30.3 Å². The van der Waals surface area contributed by atoms with Crippen LogP contribution < -0.4 is 0 Å². The summed E-state index contributed by atoms with van der Waals surface area (Å²) in [6.45, 7) is 0. The Bertz CT molecular complexity index is 893. The van der Waals surface area contributed by atoms with Crippen molar-refractivity contribution in [1.29, 1.82) is 0 Å². The van der Waals surface area contributed by atoms with Gasteiger partial charge in [-0.25, -0.2) is 9.97 Å². The van der Waals surface area contributed by atoms with Gasteiger partial charge in [-0.3, -0.25) is 0 Å². The van der Waals surface area contributed by atoms with Crippen LogP contribution in [0.1, 0.15) is 0 Å². The Kier molecular flexibility index (Phi) is 2.86. The Morgan fingerprint density at radius 3 is 2.81 bits per heavy atom. The SMILES string of the molecule is Brc1cccc(-n2cnc(-c3nc4ccccc4o3)c2)c1. The molecule has 0 saturated carbocycles. The normalized spacial score (nSPS) is 11.1. The molecule has 0 unspecified atom stereocenters. The van der Waals surface area contributed by atoms with Crippen LogP contribution in [-0.4, -0.2) is 14.5 Å². The molecule has 0 radical (unpaired) electrons. The number of oxazole rings is 1. The number of aromatic nitrogens is 3. The van der Waals surface area contributed by atoms with E-state index < -0.39 is 0 Å². The quantitative estimate of drug-likeness (QED) is 0.542. The van der Waals surface area contributed by atoms with E-state index in [1.807, 2.05) is 59.3 Å². The Labute approximate surface area is 129 Å². The molecule has 0 aliphatic rings. The van der Waals surface area contributed by atoms with Crippen LogP contribution in [0, 0.1) is 0 Å². The molecular weight excluding hydrogens is 330 g/mol. The van der Waals surface area contributed by atoms with Crippen LogP contribution in [-0.2, 0) is 0 Å². The fourth-order valence-corrected chi connectivity index (χ4v) is 2.58. The predicted molar refractivity (Wildman–Crippen MR) is 84.3 cm³/mol. The highest BCUT2D eigenvalue weighted by Gasteiger charge is 2.11. The van der Waals surface area contributed by atoms with E-state index in [4.69, 9.17) is 4.42 Å². The summed E-state index contributed by atoms with van der Waals surface area (Å²) in [5.41, 5.74) is 3.35. The minimum absolute atomic E-state index is 0.532. The summed E-state index contributed by atoms with van der Waals surface area (Å²) in [6, 6.07) is 15.7. The lowest BCUT2D eigenvalue weighted by atomic mass is 10.3. The van der Waals surface area contributed by atoms with Crippen LogP contribution in [0.15, 0.2) is 69.9 Å². The van der Waals surface area contributed by atoms with Gasteiger partial charge in [-0.2, -0.15) is 0 Å². The highest BCUT2D eigenvalue weighted by molar-refractivity contribution is 9.10. The van der Waals surface area contributed by atoms with Crippen LogP contribution in [0.25, 0.3) is 28.4 Å². The Morgan fingerprint density at radius 2 is 1.95 bits per heavy atom. The van der Waals surface area contributed by atoms with E-state index in [1.54, 1.807) is 6.33 Å². The first-order valence-corrected chi connectivity index (χ1v) is 7.25. The van der Waals surface area contributed by atoms with Gasteiger partial charge in [-0.1, -0.05) is 34.1 Å². The molecule has 4 nitrogen and oxygen atoms in total. The number of rotatable bonds is 2. The molecule has 0 saturated heterocycles. The lowest BCUT2D eigenvalue weighted by Crippen LogP contribution is -1.88. The van der Waals surface area contributed by atoms with Gasteiger partial charge in [0.15, 0.2) is 5.58 Å². The monoisotopic (exact) mass is 339 g/mol. The van der Waals surface area contributed by atoms with Crippen molar-refractivity contribution in [3.05, 3.63) is 65.5 Å². The fourth-order valence-electron chi connectivity index (χ4n) is 2.19. The highest BCUT2D eigenvalue weighted by Crippen LogP contribution is 2.24. The van der Waals surface area contributed by atoms with Crippen LogP contribution in [0.4, 0.5) is 0 Å². The molecular formula is C16H10BrN3O. The maximum absolute atomic E-state index is 5.73. The van der Waals surface area contributed by atoms with E-state index in [9.17, 15) is 0 Å². The largest absolute Gasteiger partial charge is 0.435 e. The molecule has 0 atom stereocenters. The lowest BCUT2D eigenvalue weighted by Gasteiger charge is -2.01. The van der Waals surface area contributed by atoms with Crippen molar-refractivity contribution >= 4 is 27.0 Å². The number of para-hydroxylation sites is 2. The second-order valence-corrected chi connectivity index (χ2v) is 5.55. The number of nitrogens with zero attached hydrogens (tertiary/aromatic N) is 3. The zero-order valence-electron chi connectivity index (χ0n) is 10.9. The molecule has 4 rings (SSSR count). The molecule has 0 fully saturated rings. The van der Waals surface area contributed by atoms with Crippen LogP contribution in [0.5, 0.6) is 0 Å². The van der Waals surface area contributed by atoms with E-state index in [1.165, 1.54) is 0 Å². The zero-order chi connectivity index (χ0) is 14.2. The Hall–Kier alpha value is -2.40. The number of halogens is 1. The third-order valence-electron chi connectivity index (χ3n) is 3.20. The number of fused-ring (bicyclic) bond motifs is 1. The van der Waals surface area contributed by atoms with Gasteiger partial charge < -0.3 is 8.98 Å². The molecule has 5 heteroatoms. The average Bonchev–Trinajstić information content (AvgIpc) is 3.14. The number of hydrogen-bond donors (Lipinski definition) is 0. The van der Waals surface area contributed by atoms with E-state index in [2.05, 4.69) is 25.9 Å². The van der Waals surface area contributed by atoms with Gasteiger partial charge in [0.05, 0.1) is 0 Å². The smallest absolute Gasteiger partial charge is 0.247 e. The number of benzene rings is 2. The Balaban J connectivity index is 1.77. The van der Waals surface area contributed by atoms with Gasteiger partial charge in [-0.15, -0.1) is 0 Å². The molecule has 0 spiro atoms. The number of imidazole rings is 1. The molecule has 0 aliphatic heterocycles. The van der Waals surface area contributed by atoms with Crippen LogP contribution in [0.3, 0.4) is 0 Å². The van der Waals surface area contributed by atoms with Gasteiger partial charge in [0.2, 0.25) is 5.89 Å². The summed E-state index contributed by atoms with van der Waals surface area (Å²) in [6.07, 6.45) is 3.67. The summed E-state index contributed by atoms with van der Waals surface area (Å²) in [5.74, 6) is 0.532. The van der Waals surface area contributed by atoms with E-state index in [-0.39, 0.29) is 0 Å². The summed E-state index contributed by atoms with van der Waals surface area (Å²) in [7, 11) is 0. The maximum atomic E-state index is 5.73. The van der Waals surface area contributed by atoms with Crippen molar-refractivity contribution < 1.29 is 4.42 Å². The highest BCUT2D eigenvalue weighted by atomic mass is 79.9. The second-order valence-electron chi connectivity index (χ2n) is 4.63. The first kappa shape index (κ1) is 12.3. The number of hydrogen-bond acceptors (Lipinski definition) is 3. The first-order valence-electron chi connectivity index (χ1n) is 6.45. The minimum atomic E-state index is 0.532. The molecule has 2 heterocycles. The van der Waals surface area contributed by atoms with E-state index in [0.717, 1.165) is 21.3 Å². The lowest BCUT2D eigenvalue weighted by molar-refractivity contribution is 0.617. The molecule has 21 heavy (non-hydrogen) atoms. The molecule has 0 N–H and O–H groups in total. The van der Waals surface area contributed by atoms with Crippen molar-refractivity contribution in [3.63, 3.8) is 0 Å². The summed E-state index contributed by atoms with van der Waals surface area (Å²) in [5, 5.41) is 0. The van der Waals surface area contributed by atoms with Crippen molar-refractivity contribution in [3.8, 4) is 17.3 Å². The maximum Gasteiger partial charge on any atom is 0.247 e. The van der Waals surface area contributed by atoms with Crippen LogP contribution >= 0.6 is 15.9 Å². The zero-order valence-corrected chi connectivity index (χ0v) is 12.5. The van der Waals surface area contributed by atoms with E-state index in [0.29, 0.717) is 11.6 Å². The topological polar surface area (TPSA) is 43.9 Å². The van der Waals surface area contributed by atoms with Crippen LogP contribution in [0.2, 0.25) is 0 Å². The minimum Gasteiger partial charge on any atom is -0.435 e. The molecule has 0 aliphatic carbocycles. The summed E-state index contributed by atoms with van der Waals surface area (Å²) >= 11 is 3.47. The third-order valence-corrected chi connectivity index (χ3v) is 3.70. The van der Waals surface area contributed by atoms with Gasteiger partial charge in [0.1, 0.15) is 17.5 Å². The average molecular weight is 340 g/mol. The molecule has 2 aromatic heterocycles. The Morgan fingerprint density at radius 1 is 1.05 bits per heavy atom. The van der Waals surface area contributed by atoms with E-state index >= 15 is 0 Å². The van der Waals surface area contributed by atoms with Crippen molar-refractivity contribution in [2.75, 3.05) is 0 Å². The summed E-state index contributed by atoms with van der Waals surface area (Å²) in [4.78, 5) is 8.83.